The molecule has 1 aromatic heterocycles. The topological polar surface area (TPSA) is 68.2 Å². The number of urea groups is 1. The van der Waals surface area contributed by atoms with Gasteiger partial charge in [0.25, 0.3) is 0 Å². The lowest BCUT2D eigenvalue weighted by Gasteiger charge is -2.10. The van der Waals surface area contributed by atoms with E-state index in [1.807, 2.05) is 25.1 Å². The van der Waals surface area contributed by atoms with Crippen molar-refractivity contribution in [3.8, 4) is 5.75 Å². The van der Waals surface area contributed by atoms with E-state index in [2.05, 4.69) is 15.7 Å². The quantitative estimate of drug-likeness (QED) is 0.664. The van der Waals surface area contributed by atoms with Gasteiger partial charge in [0.15, 0.2) is 18.3 Å². The molecule has 0 aliphatic carbocycles. The van der Waals surface area contributed by atoms with E-state index in [1.54, 1.807) is 19.9 Å². The van der Waals surface area contributed by atoms with Gasteiger partial charge in [0.2, 0.25) is 0 Å². The molecular formula is C20H20F2N4O2. The van der Waals surface area contributed by atoms with Crippen LogP contribution in [0.4, 0.5) is 25.0 Å². The molecule has 0 saturated heterocycles. The van der Waals surface area contributed by atoms with Crippen molar-refractivity contribution in [2.75, 3.05) is 10.6 Å². The summed E-state index contributed by atoms with van der Waals surface area (Å²) >= 11 is 0. The first-order valence-electron chi connectivity index (χ1n) is 8.60. The van der Waals surface area contributed by atoms with Crippen molar-refractivity contribution >= 4 is 17.4 Å². The number of nitrogens with one attached hydrogen (secondary N) is 2. The number of ether oxygens (including phenoxy) is 1. The molecule has 0 unspecified atom stereocenters. The highest BCUT2D eigenvalue weighted by molar-refractivity contribution is 6.00. The number of amides is 2. The smallest absolute Gasteiger partial charge is 0.323 e. The fraction of sp³-hybridized carbons (Fsp3) is 0.200. The van der Waals surface area contributed by atoms with Crippen LogP contribution in [-0.4, -0.2) is 15.8 Å². The van der Waals surface area contributed by atoms with Crippen LogP contribution in [0.15, 0.2) is 42.5 Å². The number of nitrogens with zero attached hydrogens (tertiary/aromatic N) is 2. The number of anilines is 2. The summed E-state index contributed by atoms with van der Waals surface area (Å²) in [6.07, 6.45) is 0. The molecule has 0 spiro atoms. The minimum absolute atomic E-state index is 0.0827. The van der Waals surface area contributed by atoms with Crippen LogP contribution in [0.25, 0.3) is 0 Å². The van der Waals surface area contributed by atoms with Crippen LogP contribution in [0.2, 0.25) is 0 Å². The molecular weight excluding hydrogens is 366 g/mol. The number of aromatic nitrogens is 2. The Kier molecular flexibility index (Phi) is 5.58. The minimum Gasteiger partial charge on any atom is -0.468 e. The van der Waals surface area contributed by atoms with Gasteiger partial charge in [-0.15, -0.1) is 0 Å². The summed E-state index contributed by atoms with van der Waals surface area (Å²) < 4.78 is 33.5. The number of rotatable bonds is 5. The van der Waals surface area contributed by atoms with Crippen molar-refractivity contribution < 1.29 is 18.3 Å². The molecule has 2 N–H and O–H groups in total. The standard InChI is InChI=1S/C20H20F2N4O2/c1-12-5-4-6-16(9-12)23-20(27)24-19-13(2)25-26(14(19)3)11-28-18-8-7-15(21)10-17(18)22/h4-10H,11H2,1-3H3,(H2,23,24,27). The maximum atomic E-state index is 13.7. The van der Waals surface area contributed by atoms with E-state index in [4.69, 9.17) is 4.74 Å². The molecule has 0 saturated carbocycles. The third-order valence-electron chi connectivity index (χ3n) is 4.13. The molecule has 3 rings (SSSR count). The number of aryl methyl sites for hydroxylation is 2. The first kappa shape index (κ1) is 19.3. The normalized spacial score (nSPS) is 10.6. The Morgan fingerprint density at radius 3 is 2.61 bits per heavy atom. The molecule has 0 atom stereocenters. The van der Waals surface area contributed by atoms with Crippen LogP contribution in [0.5, 0.6) is 5.75 Å². The highest BCUT2D eigenvalue weighted by atomic mass is 19.1. The maximum absolute atomic E-state index is 13.7. The number of hydrogen-bond acceptors (Lipinski definition) is 3. The fourth-order valence-corrected chi connectivity index (χ4v) is 2.73. The number of benzene rings is 2. The maximum Gasteiger partial charge on any atom is 0.323 e. The zero-order chi connectivity index (χ0) is 20.3. The summed E-state index contributed by atoms with van der Waals surface area (Å²) in [5.41, 5.74) is 3.46. The van der Waals surface area contributed by atoms with Crippen LogP contribution >= 0.6 is 0 Å². The molecule has 0 aliphatic rings. The van der Waals surface area contributed by atoms with Gasteiger partial charge in [-0.2, -0.15) is 5.10 Å². The summed E-state index contributed by atoms with van der Waals surface area (Å²) in [4.78, 5) is 12.3. The second kappa shape index (κ2) is 8.08. The van der Waals surface area contributed by atoms with Gasteiger partial charge < -0.3 is 15.4 Å². The fourth-order valence-electron chi connectivity index (χ4n) is 2.73. The Labute approximate surface area is 161 Å². The number of carbonyl (C=O) groups is 1. The van der Waals surface area contributed by atoms with E-state index in [9.17, 15) is 13.6 Å². The Balaban J connectivity index is 1.68. The van der Waals surface area contributed by atoms with E-state index >= 15 is 0 Å². The highest BCUT2D eigenvalue weighted by Crippen LogP contribution is 2.22. The van der Waals surface area contributed by atoms with Gasteiger partial charge in [-0.3, -0.25) is 0 Å². The van der Waals surface area contributed by atoms with Crippen molar-refractivity contribution in [2.45, 2.75) is 27.5 Å². The molecule has 0 aliphatic heterocycles. The van der Waals surface area contributed by atoms with Gasteiger partial charge in [-0.1, -0.05) is 12.1 Å². The van der Waals surface area contributed by atoms with Gasteiger partial charge >= 0.3 is 6.03 Å². The van der Waals surface area contributed by atoms with Crippen LogP contribution in [-0.2, 0) is 6.73 Å². The SMILES string of the molecule is Cc1cccc(NC(=O)Nc2c(C)nn(COc3ccc(F)cc3F)c2C)c1. The minimum atomic E-state index is -0.794. The van der Waals surface area contributed by atoms with Crippen LogP contribution in [0.3, 0.4) is 0 Å². The summed E-state index contributed by atoms with van der Waals surface area (Å²) in [7, 11) is 0. The first-order chi connectivity index (χ1) is 13.3. The van der Waals surface area contributed by atoms with Crippen molar-refractivity contribution in [1.82, 2.24) is 9.78 Å². The molecule has 2 aromatic carbocycles. The lowest BCUT2D eigenvalue weighted by molar-refractivity contribution is 0.208. The summed E-state index contributed by atoms with van der Waals surface area (Å²) in [5, 5.41) is 9.83. The van der Waals surface area contributed by atoms with Gasteiger partial charge in [0.1, 0.15) is 5.82 Å². The zero-order valence-corrected chi connectivity index (χ0v) is 15.7. The summed E-state index contributed by atoms with van der Waals surface area (Å²) in [5.74, 6) is -1.56. The third kappa shape index (κ3) is 4.46. The number of halogens is 2. The van der Waals surface area contributed by atoms with E-state index in [0.29, 0.717) is 22.8 Å². The van der Waals surface area contributed by atoms with Crippen LogP contribution in [0, 0.1) is 32.4 Å². The van der Waals surface area contributed by atoms with E-state index in [1.165, 1.54) is 10.7 Å². The number of carbonyl (C=O) groups excluding carboxylic acids is 1. The summed E-state index contributed by atoms with van der Waals surface area (Å²) in [6.45, 7) is 5.35. The van der Waals surface area contributed by atoms with Crippen molar-refractivity contribution in [3.63, 3.8) is 0 Å². The molecule has 0 radical (unpaired) electrons. The van der Waals surface area contributed by atoms with E-state index < -0.39 is 17.7 Å². The second-order valence-corrected chi connectivity index (χ2v) is 6.34. The third-order valence-corrected chi connectivity index (χ3v) is 4.13. The average Bonchev–Trinajstić information content (AvgIpc) is 2.88. The average molecular weight is 386 g/mol. The Bertz CT molecular complexity index is 1020. The molecule has 8 heteroatoms. The van der Waals surface area contributed by atoms with Crippen molar-refractivity contribution in [2.24, 2.45) is 0 Å². The van der Waals surface area contributed by atoms with Gasteiger partial charge in [0, 0.05) is 11.8 Å². The largest absolute Gasteiger partial charge is 0.468 e. The molecule has 146 valence electrons. The highest BCUT2D eigenvalue weighted by Gasteiger charge is 2.15. The monoisotopic (exact) mass is 386 g/mol. The molecule has 0 fully saturated rings. The Hall–Kier alpha value is -3.42. The van der Waals surface area contributed by atoms with E-state index in [-0.39, 0.29) is 12.5 Å². The first-order valence-corrected chi connectivity index (χ1v) is 8.60. The van der Waals surface area contributed by atoms with E-state index in [0.717, 1.165) is 17.7 Å². The molecule has 6 nitrogen and oxygen atoms in total. The Morgan fingerprint density at radius 1 is 1.11 bits per heavy atom. The summed E-state index contributed by atoms with van der Waals surface area (Å²) in [6, 6.07) is 10.1. The van der Waals surface area contributed by atoms with Gasteiger partial charge in [-0.25, -0.2) is 18.3 Å². The number of hydrogen-bond donors (Lipinski definition) is 2. The van der Waals surface area contributed by atoms with Gasteiger partial charge in [-0.05, 0) is 50.6 Å². The van der Waals surface area contributed by atoms with Crippen LogP contribution in [0.1, 0.15) is 17.0 Å². The van der Waals surface area contributed by atoms with Crippen LogP contribution < -0.4 is 15.4 Å². The molecule has 3 aromatic rings. The molecule has 28 heavy (non-hydrogen) atoms. The van der Waals surface area contributed by atoms with Crippen molar-refractivity contribution in [1.29, 1.82) is 0 Å². The predicted octanol–water partition coefficient (Wildman–Crippen LogP) is 4.77. The van der Waals surface area contributed by atoms with Crippen molar-refractivity contribution in [3.05, 3.63) is 71.1 Å². The lowest BCUT2D eigenvalue weighted by Crippen LogP contribution is -2.20. The van der Waals surface area contributed by atoms with Gasteiger partial charge in [0.05, 0.1) is 17.1 Å². The zero-order valence-electron chi connectivity index (χ0n) is 15.7. The molecule has 0 bridgehead atoms. The lowest BCUT2D eigenvalue weighted by atomic mass is 10.2. The Morgan fingerprint density at radius 2 is 1.89 bits per heavy atom. The molecule has 2 amide bonds. The predicted molar refractivity (Wildman–Crippen MR) is 103 cm³/mol. The molecule has 1 heterocycles. The second-order valence-electron chi connectivity index (χ2n) is 6.34.